The summed E-state index contributed by atoms with van der Waals surface area (Å²) in [4.78, 5) is 13.0. The molecule has 1 aliphatic rings. The summed E-state index contributed by atoms with van der Waals surface area (Å²) >= 11 is 5.83. The van der Waals surface area contributed by atoms with Gasteiger partial charge in [-0.15, -0.1) is 0 Å². The Bertz CT molecular complexity index is 1370. The minimum atomic E-state index is -4.06. The van der Waals surface area contributed by atoms with E-state index >= 15 is 0 Å². The number of morpholine rings is 1. The lowest BCUT2D eigenvalue weighted by Gasteiger charge is -2.28. The van der Waals surface area contributed by atoms with Gasteiger partial charge in [-0.1, -0.05) is 23.7 Å². The third kappa shape index (κ3) is 6.11. The van der Waals surface area contributed by atoms with Gasteiger partial charge in [0.15, 0.2) is 0 Å². The highest BCUT2D eigenvalue weighted by Crippen LogP contribution is 2.29. The number of nitrogens with one attached hydrogen (secondary N) is 2. The molecule has 36 heavy (non-hydrogen) atoms. The van der Waals surface area contributed by atoms with Crippen LogP contribution < -0.4 is 15.0 Å². The highest BCUT2D eigenvalue weighted by atomic mass is 35.5. The van der Waals surface area contributed by atoms with Crippen LogP contribution in [0.25, 0.3) is 0 Å². The Morgan fingerprint density at radius 1 is 1.06 bits per heavy atom. The topological polar surface area (TPSA) is 126 Å². The molecule has 0 saturated carbocycles. The number of sulfonamides is 1. The molecule has 1 aliphatic heterocycles. The molecule has 1 fully saturated rings. The molecule has 188 valence electrons. The number of nitro benzene ring substituents is 1. The van der Waals surface area contributed by atoms with Crippen molar-refractivity contribution in [2.75, 3.05) is 41.4 Å². The zero-order valence-electron chi connectivity index (χ0n) is 19.3. The number of anilines is 3. The lowest BCUT2D eigenvalue weighted by atomic mass is 10.1. The van der Waals surface area contributed by atoms with E-state index in [0.29, 0.717) is 23.9 Å². The fourth-order valence-electron chi connectivity index (χ4n) is 3.60. The maximum Gasteiger partial charge on any atom is 0.295 e. The highest BCUT2D eigenvalue weighted by molar-refractivity contribution is 7.92. The second-order valence-corrected chi connectivity index (χ2v) is 10.1. The van der Waals surface area contributed by atoms with E-state index in [9.17, 15) is 18.5 Å². The van der Waals surface area contributed by atoms with Gasteiger partial charge in [0.1, 0.15) is 5.69 Å². The number of hydrazone groups is 1. The molecule has 0 radical (unpaired) electrons. The summed E-state index contributed by atoms with van der Waals surface area (Å²) in [6.07, 6.45) is 0. The first kappa shape index (κ1) is 25.4. The summed E-state index contributed by atoms with van der Waals surface area (Å²) in [6.45, 7) is 4.83. The molecule has 3 aromatic carbocycles. The van der Waals surface area contributed by atoms with Crippen molar-refractivity contribution in [1.82, 2.24) is 0 Å². The normalized spacial score (nSPS) is 14.4. The maximum absolute atomic E-state index is 12.7. The number of nitrogens with zero attached hydrogens (tertiary/aromatic N) is 3. The molecule has 1 saturated heterocycles. The van der Waals surface area contributed by atoms with Crippen LogP contribution in [0.4, 0.5) is 22.7 Å². The zero-order chi connectivity index (χ0) is 25.7. The zero-order valence-corrected chi connectivity index (χ0v) is 20.9. The van der Waals surface area contributed by atoms with Crippen molar-refractivity contribution in [1.29, 1.82) is 0 Å². The van der Waals surface area contributed by atoms with E-state index < -0.39 is 20.6 Å². The SMILES string of the molecule is C/C(=N/Nc1ccc(S(=O)(=O)Nc2ccc(Cl)cc2)cc1[N+](=O)[O-])c1ccc(N2CCOCC2)cc1. The van der Waals surface area contributed by atoms with Crippen molar-refractivity contribution in [3.63, 3.8) is 0 Å². The Labute approximate surface area is 213 Å². The van der Waals surface area contributed by atoms with Crippen LogP contribution in [0.15, 0.2) is 76.7 Å². The van der Waals surface area contributed by atoms with E-state index in [0.717, 1.165) is 30.4 Å². The predicted octanol–water partition coefficient (Wildman–Crippen LogP) is 4.72. The van der Waals surface area contributed by atoms with Gasteiger partial charge in [0.2, 0.25) is 0 Å². The molecule has 1 heterocycles. The van der Waals surface area contributed by atoms with Crippen LogP contribution in [0.5, 0.6) is 0 Å². The average molecular weight is 530 g/mol. The fourth-order valence-corrected chi connectivity index (χ4v) is 4.80. The minimum absolute atomic E-state index is 0.0646. The number of halogens is 1. The Morgan fingerprint density at radius 3 is 2.36 bits per heavy atom. The van der Waals surface area contributed by atoms with Gasteiger partial charge in [0, 0.05) is 35.6 Å². The standard InChI is InChI=1S/C24H24ClN5O5S/c1-17(18-2-8-21(9-3-18)29-12-14-35-15-13-29)26-27-23-11-10-22(16-24(23)30(31)32)36(33,34)28-20-6-4-19(25)5-7-20/h2-11,16,27-28H,12-15H2,1H3/b26-17-. The maximum atomic E-state index is 12.7. The summed E-state index contributed by atoms with van der Waals surface area (Å²) < 4.78 is 33.2. The molecule has 0 bridgehead atoms. The summed E-state index contributed by atoms with van der Waals surface area (Å²) in [5.74, 6) is 0. The van der Waals surface area contributed by atoms with E-state index in [-0.39, 0.29) is 16.3 Å². The molecule has 12 heteroatoms. The number of nitro groups is 1. The summed E-state index contributed by atoms with van der Waals surface area (Å²) in [7, 11) is -4.06. The van der Waals surface area contributed by atoms with Gasteiger partial charge in [-0.25, -0.2) is 8.42 Å². The van der Waals surface area contributed by atoms with Gasteiger partial charge >= 0.3 is 0 Å². The van der Waals surface area contributed by atoms with Crippen LogP contribution in [0.1, 0.15) is 12.5 Å². The number of hydrogen-bond donors (Lipinski definition) is 2. The second kappa shape index (κ2) is 10.9. The van der Waals surface area contributed by atoms with E-state index in [1.54, 1.807) is 6.92 Å². The first-order valence-corrected chi connectivity index (χ1v) is 12.9. The quantitative estimate of drug-likeness (QED) is 0.245. The van der Waals surface area contributed by atoms with Crippen molar-refractivity contribution < 1.29 is 18.1 Å². The Hall–Kier alpha value is -3.67. The molecule has 0 atom stereocenters. The second-order valence-electron chi connectivity index (χ2n) is 8.00. The van der Waals surface area contributed by atoms with Crippen LogP contribution in [-0.4, -0.2) is 45.4 Å². The van der Waals surface area contributed by atoms with Crippen LogP contribution in [0.2, 0.25) is 5.02 Å². The Balaban J connectivity index is 1.50. The van der Waals surface area contributed by atoms with Crippen LogP contribution in [0, 0.1) is 10.1 Å². The van der Waals surface area contributed by atoms with Gasteiger partial charge in [0.25, 0.3) is 15.7 Å². The number of benzene rings is 3. The van der Waals surface area contributed by atoms with Crippen LogP contribution in [0.3, 0.4) is 0 Å². The van der Waals surface area contributed by atoms with Gasteiger partial charge in [-0.2, -0.15) is 5.10 Å². The van der Waals surface area contributed by atoms with Gasteiger partial charge in [-0.05, 0) is 61.0 Å². The molecular formula is C24H24ClN5O5S. The number of rotatable bonds is 8. The molecule has 0 unspecified atom stereocenters. The molecule has 0 spiro atoms. The van der Waals surface area contributed by atoms with Gasteiger partial charge in [0.05, 0.1) is 28.7 Å². The predicted molar refractivity (Wildman–Crippen MR) is 141 cm³/mol. The van der Waals surface area contributed by atoms with E-state index in [2.05, 4.69) is 20.1 Å². The first-order valence-electron chi connectivity index (χ1n) is 11.0. The van der Waals surface area contributed by atoms with Crippen molar-refractivity contribution in [3.8, 4) is 0 Å². The number of hydrogen-bond acceptors (Lipinski definition) is 8. The number of ether oxygens (including phenoxy) is 1. The van der Waals surface area contributed by atoms with E-state index in [1.165, 1.54) is 36.4 Å². The molecule has 0 aliphatic carbocycles. The lowest BCUT2D eigenvalue weighted by Crippen LogP contribution is -2.36. The average Bonchev–Trinajstić information content (AvgIpc) is 2.89. The van der Waals surface area contributed by atoms with Gasteiger partial charge in [-0.3, -0.25) is 20.3 Å². The summed E-state index contributed by atoms with van der Waals surface area (Å²) in [5, 5.41) is 16.4. The van der Waals surface area contributed by atoms with E-state index in [1.807, 2.05) is 24.3 Å². The molecule has 3 aromatic rings. The van der Waals surface area contributed by atoms with Crippen LogP contribution >= 0.6 is 11.6 Å². The van der Waals surface area contributed by atoms with Gasteiger partial charge < -0.3 is 9.64 Å². The van der Waals surface area contributed by atoms with Crippen molar-refractivity contribution in [3.05, 3.63) is 87.4 Å². The molecular weight excluding hydrogens is 506 g/mol. The van der Waals surface area contributed by atoms with Crippen molar-refractivity contribution in [2.45, 2.75) is 11.8 Å². The minimum Gasteiger partial charge on any atom is -0.378 e. The molecule has 4 rings (SSSR count). The first-order chi connectivity index (χ1) is 17.2. The monoisotopic (exact) mass is 529 g/mol. The van der Waals surface area contributed by atoms with E-state index in [4.69, 9.17) is 16.3 Å². The van der Waals surface area contributed by atoms with Crippen molar-refractivity contribution in [2.24, 2.45) is 5.10 Å². The highest BCUT2D eigenvalue weighted by Gasteiger charge is 2.22. The third-order valence-corrected chi connectivity index (χ3v) is 7.21. The smallest absolute Gasteiger partial charge is 0.295 e. The van der Waals surface area contributed by atoms with Crippen molar-refractivity contribution >= 4 is 50.1 Å². The molecule has 0 amide bonds. The largest absolute Gasteiger partial charge is 0.378 e. The third-order valence-electron chi connectivity index (χ3n) is 5.58. The Morgan fingerprint density at radius 2 is 1.72 bits per heavy atom. The molecule has 2 N–H and O–H groups in total. The summed E-state index contributed by atoms with van der Waals surface area (Å²) in [6, 6.07) is 17.5. The fraction of sp³-hybridized carbons (Fsp3) is 0.208. The summed E-state index contributed by atoms with van der Waals surface area (Å²) in [5.41, 5.74) is 5.16. The lowest BCUT2D eigenvalue weighted by molar-refractivity contribution is -0.384. The molecule has 10 nitrogen and oxygen atoms in total. The molecule has 0 aromatic heterocycles. The Kier molecular flexibility index (Phi) is 7.73. The van der Waals surface area contributed by atoms with Crippen LogP contribution in [-0.2, 0) is 14.8 Å².